The zero-order valence-electron chi connectivity index (χ0n) is 15.1. The Labute approximate surface area is 152 Å². The smallest absolute Gasteiger partial charge is 0.266 e. The molecule has 2 aliphatic rings. The number of amides is 2. The number of carbonyl (C=O) groups excluding carboxylic acids is 2. The number of nitrogens with two attached hydrogens (primary N) is 1. The fourth-order valence-electron chi connectivity index (χ4n) is 3.53. The second-order valence-electron chi connectivity index (χ2n) is 6.95. The first kappa shape index (κ1) is 18.1. The van der Waals surface area contributed by atoms with E-state index in [1.54, 1.807) is 19.2 Å². The molecule has 3 N–H and O–H groups in total. The lowest BCUT2D eigenvalue weighted by Crippen LogP contribution is -2.36. The van der Waals surface area contributed by atoms with Gasteiger partial charge in [-0.05, 0) is 44.6 Å². The van der Waals surface area contributed by atoms with Crippen molar-refractivity contribution in [2.45, 2.75) is 58.3 Å². The Balaban J connectivity index is 1.55. The third kappa shape index (κ3) is 4.27. The Morgan fingerprint density at radius 3 is 2.65 bits per heavy atom. The Morgan fingerprint density at radius 1 is 1.31 bits per heavy atom. The van der Waals surface area contributed by atoms with E-state index in [2.05, 4.69) is 20.6 Å². The van der Waals surface area contributed by atoms with Gasteiger partial charge in [0.05, 0.1) is 6.20 Å². The first-order valence-electron chi connectivity index (χ1n) is 8.93. The molecule has 9 heteroatoms. The van der Waals surface area contributed by atoms with Crippen molar-refractivity contribution in [2.75, 3.05) is 4.90 Å². The molecule has 1 fully saturated rings. The number of nitrogens with zero attached hydrogens (tertiary/aromatic N) is 5. The summed E-state index contributed by atoms with van der Waals surface area (Å²) in [6, 6.07) is 0.298. The fourth-order valence-corrected chi connectivity index (χ4v) is 3.53. The topological polar surface area (TPSA) is 119 Å². The maximum atomic E-state index is 11.2. The average molecular weight is 359 g/mol. The maximum Gasteiger partial charge on any atom is 0.266 e. The van der Waals surface area contributed by atoms with Crippen molar-refractivity contribution in [1.29, 1.82) is 0 Å². The molecule has 1 saturated carbocycles. The summed E-state index contributed by atoms with van der Waals surface area (Å²) in [5.41, 5.74) is 5.52. The predicted molar refractivity (Wildman–Crippen MR) is 97.3 cm³/mol. The molecular formula is C17H25N7O2. The molecule has 0 bridgehead atoms. The Bertz CT molecular complexity index is 731. The molecule has 0 spiro atoms. The van der Waals surface area contributed by atoms with Crippen molar-refractivity contribution in [3.8, 4) is 0 Å². The van der Waals surface area contributed by atoms with Crippen LogP contribution in [0.4, 0.5) is 5.82 Å². The van der Waals surface area contributed by atoms with Gasteiger partial charge < -0.3 is 16.0 Å². The number of rotatable bonds is 5. The van der Waals surface area contributed by atoms with Crippen LogP contribution in [0.15, 0.2) is 23.5 Å². The Kier molecular flexibility index (Phi) is 5.34. The third-order valence-corrected chi connectivity index (χ3v) is 4.86. The normalized spacial score (nSPS) is 25.7. The van der Waals surface area contributed by atoms with E-state index >= 15 is 0 Å². The van der Waals surface area contributed by atoms with Crippen LogP contribution in [0.5, 0.6) is 0 Å². The number of hydrogen-bond acceptors (Lipinski definition) is 6. The number of aliphatic imine (C=N–C) groups is 1. The zero-order chi connectivity index (χ0) is 18.7. The number of carbonyl (C=O) groups is 2. The standard InChI is InChI=1S/C17H25N7O2/c1-11-19-15(17(18)26)7-8-24(11)16-10-23(22-21-16)9-13-3-5-14(6-4-13)20-12(2)25/h7-8,10-11,13-14H,3-6,9H2,1-2H3,(H2,18,26)(H,20,25). The van der Waals surface area contributed by atoms with Gasteiger partial charge in [0.25, 0.3) is 5.91 Å². The van der Waals surface area contributed by atoms with Crippen LogP contribution >= 0.6 is 0 Å². The van der Waals surface area contributed by atoms with Crippen LogP contribution in [-0.4, -0.2) is 44.7 Å². The number of nitrogens with one attached hydrogen (secondary N) is 1. The summed E-state index contributed by atoms with van der Waals surface area (Å²) < 4.78 is 1.85. The van der Waals surface area contributed by atoms with Gasteiger partial charge in [-0.3, -0.25) is 19.3 Å². The summed E-state index contributed by atoms with van der Waals surface area (Å²) in [6.07, 6.45) is 9.10. The molecule has 1 unspecified atom stereocenters. The van der Waals surface area contributed by atoms with Crippen LogP contribution < -0.4 is 16.0 Å². The van der Waals surface area contributed by atoms with Crippen LogP contribution in [-0.2, 0) is 16.1 Å². The molecule has 1 aliphatic carbocycles. The minimum absolute atomic E-state index is 0.0419. The average Bonchev–Trinajstić information content (AvgIpc) is 3.04. The molecule has 1 aromatic heterocycles. The maximum absolute atomic E-state index is 11.2. The first-order chi connectivity index (χ1) is 12.4. The lowest BCUT2D eigenvalue weighted by molar-refractivity contribution is -0.120. The van der Waals surface area contributed by atoms with Crippen molar-refractivity contribution in [1.82, 2.24) is 20.3 Å². The van der Waals surface area contributed by atoms with E-state index < -0.39 is 5.91 Å². The van der Waals surface area contributed by atoms with Crippen LogP contribution in [0.25, 0.3) is 0 Å². The molecule has 0 aromatic carbocycles. The van der Waals surface area contributed by atoms with E-state index in [-0.39, 0.29) is 17.8 Å². The van der Waals surface area contributed by atoms with E-state index in [0.717, 1.165) is 32.2 Å². The Morgan fingerprint density at radius 2 is 2.04 bits per heavy atom. The van der Waals surface area contributed by atoms with Gasteiger partial charge in [0.2, 0.25) is 5.91 Å². The molecule has 0 saturated heterocycles. The minimum Gasteiger partial charge on any atom is -0.364 e. The van der Waals surface area contributed by atoms with Crippen molar-refractivity contribution in [3.05, 3.63) is 18.5 Å². The van der Waals surface area contributed by atoms with Gasteiger partial charge in [-0.1, -0.05) is 5.21 Å². The van der Waals surface area contributed by atoms with E-state index in [1.807, 2.05) is 22.7 Å². The monoisotopic (exact) mass is 359 g/mol. The number of anilines is 1. The molecule has 2 amide bonds. The molecule has 1 aromatic rings. The summed E-state index contributed by atoms with van der Waals surface area (Å²) in [5, 5.41) is 11.4. The van der Waals surface area contributed by atoms with E-state index in [9.17, 15) is 9.59 Å². The van der Waals surface area contributed by atoms with Gasteiger partial charge in [-0.2, -0.15) is 0 Å². The molecular weight excluding hydrogens is 334 g/mol. The van der Waals surface area contributed by atoms with E-state index in [0.29, 0.717) is 17.8 Å². The Hall–Kier alpha value is -2.71. The van der Waals surface area contributed by atoms with Crippen molar-refractivity contribution >= 4 is 23.3 Å². The summed E-state index contributed by atoms with van der Waals surface area (Å²) in [4.78, 5) is 28.5. The van der Waals surface area contributed by atoms with Gasteiger partial charge >= 0.3 is 0 Å². The highest BCUT2D eigenvalue weighted by Crippen LogP contribution is 2.26. The number of aromatic nitrogens is 3. The van der Waals surface area contributed by atoms with Crippen LogP contribution in [0.2, 0.25) is 0 Å². The summed E-state index contributed by atoms with van der Waals surface area (Å²) in [7, 11) is 0. The van der Waals surface area contributed by atoms with Crippen LogP contribution in [0, 0.1) is 5.92 Å². The molecule has 2 heterocycles. The lowest BCUT2D eigenvalue weighted by Gasteiger charge is -2.28. The number of hydrogen-bond donors (Lipinski definition) is 2. The molecule has 26 heavy (non-hydrogen) atoms. The summed E-state index contributed by atoms with van der Waals surface area (Å²) in [6.45, 7) is 4.24. The van der Waals surface area contributed by atoms with E-state index in [1.165, 1.54) is 0 Å². The van der Waals surface area contributed by atoms with E-state index in [4.69, 9.17) is 5.73 Å². The van der Waals surface area contributed by atoms with Gasteiger partial charge in [0, 0.05) is 25.7 Å². The molecule has 9 nitrogen and oxygen atoms in total. The highest BCUT2D eigenvalue weighted by molar-refractivity contribution is 6.43. The quantitative estimate of drug-likeness (QED) is 0.797. The molecule has 1 aliphatic heterocycles. The van der Waals surface area contributed by atoms with Crippen LogP contribution in [0.1, 0.15) is 39.5 Å². The second-order valence-corrected chi connectivity index (χ2v) is 6.95. The summed E-state index contributed by atoms with van der Waals surface area (Å²) >= 11 is 0. The minimum atomic E-state index is -0.536. The molecule has 1 atom stereocenters. The first-order valence-corrected chi connectivity index (χ1v) is 8.93. The van der Waals surface area contributed by atoms with Crippen molar-refractivity contribution in [3.63, 3.8) is 0 Å². The zero-order valence-corrected chi connectivity index (χ0v) is 15.1. The van der Waals surface area contributed by atoms with Crippen LogP contribution in [0.3, 0.4) is 0 Å². The second kappa shape index (κ2) is 7.67. The SMILES string of the molecule is CC(=O)NC1CCC(Cn2cc(N3C=CC(C(N)=O)=NC3C)nn2)CC1. The highest BCUT2D eigenvalue weighted by atomic mass is 16.1. The van der Waals surface area contributed by atoms with Gasteiger partial charge in [0.1, 0.15) is 11.9 Å². The molecule has 0 radical (unpaired) electrons. The highest BCUT2D eigenvalue weighted by Gasteiger charge is 2.24. The lowest BCUT2D eigenvalue weighted by atomic mass is 9.86. The largest absolute Gasteiger partial charge is 0.364 e. The van der Waals surface area contributed by atoms with Gasteiger partial charge in [0.15, 0.2) is 5.82 Å². The molecule has 3 rings (SSSR count). The van der Waals surface area contributed by atoms with Gasteiger partial charge in [-0.15, -0.1) is 5.10 Å². The summed E-state index contributed by atoms with van der Waals surface area (Å²) in [5.74, 6) is 0.725. The fraction of sp³-hybridized carbons (Fsp3) is 0.588. The van der Waals surface area contributed by atoms with Crippen molar-refractivity contribution in [2.24, 2.45) is 16.6 Å². The van der Waals surface area contributed by atoms with Crippen molar-refractivity contribution < 1.29 is 9.59 Å². The third-order valence-electron chi connectivity index (χ3n) is 4.86. The predicted octanol–water partition coefficient (Wildman–Crippen LogP) is 0.579. The number of primary amides is 1. The molecule has 140 valence electrons. The van der Waals surface area contributed by atoms with Gasteiger partial charge in [-0.25, -0.2) is 0 Å².